The zero-order valence-corrected chi connectivity index (χ0v) is 13.4. The van der Waals surface area contributed by atoms with Gasteiger partial charge in [0.2, 0.25) is 6.61 Å². The van der Waals surface area contributed by atoms with Crippen molar-refractivity contribution < 1.29 is 14.4 Å². The lowest BCUT2D eigenvalue weighted by atomic mass is 9.77. The van der Waals surface area contributed by atoms with Crippen molar-refractivity contribution in [3.63, 3.8) is 0 Å². The first-order chi connectivity index (χ1) is 10.1. The van der Waals surface area contributed by atoms with Gasteiger partial charge in [0.1, 0.15) is 0 Å². The van der Waals surface area contributed by atoms with Gasteiger partial charge < -0.3 is 9.57 Å². The second-order valence-corrected chi connectivity index (χ2v) is 5.32. The third-order valence-corrected chi connectivity index (χ3v) is 4.06. The largest absolute Gasteiger partial charge is 0.466 e. The minimum Gasteiger partial charge on any atom is -0.466 e. The van der Waals surface area contributed by atoms with Crippen LogP contribution in [0.2, 0.25) is 0 Å². The van der Waals surface area contributed by atoms with Gasteiger partial charge in [-0.2, -0.15) is 0 Å². The molecule has 0 aliphatic heterocycles. The van der Waals surface area contributed by atoms with Crippen molar-refractivity contribution >= 4 is 11.7 Å². The van der Waals surface area contributed by atoms with Crippen LogP contribution < -0.4 is 0 Å². The van der Waals surface area contributed by atoms with E-state index in [4.69, 9.17) is 4.84 Å². The second kappa shape index (κ2) is 8.45. The van der Waals surface area contributed by atoms with Gasteiger partial charge in [-0.05, 0) is 18.4 Å². The van der Waals surface area contributed by atoms with E-state index in [1.807, 2.05) is 18.2 Å². The summed E-state index contributed by atoms with van der Waals surface area (Å²) in [5, 5.41) is 4.24. The highest BCUT2D eigenvalue weighted by molar-refractivity contribution is 5.91. The number of ether oxygens (including phenoxy) is 1. The monoisotopic (exact) mass is 291 g/mol. The Morgan fingerprint density at radius 3 is 2.33 bits per heavy atom. The third kappa shape index (κ3) is 5.21. The molecule has 0 amide bonds. The molecule has 0 N–H and O–H groups in total. The minimum absolute atomic E-state index is 0.0358. The molecule has 4 nitrogen and oxygen atoms in total. The summed E-state index contributed by atoms with van der Waals surface area (Å²) < 4.78 is 4.56. The summed E-state index contributed by atoms with van der Waals surface area (Å²) in [4.78, 5) is 16.3. The molecule has 0 atom stereocenters. The van der Waals surface area contributed by atoms with Gasteiger partial charge in [-0.25, -0.2) is 4.79 Å². The van der Waals surface area contributed by atoms with Gasteiger partial charge in [0.15, 0.2) is 0 Å². The van der Waals surface area contributed by atoms with Crippen LogP contribution in [-0.2, 0) is 20.8 Å². The van der Waals surface area contributed by atoms with Crippen molar-refractivity contribution in [1.82, 2.24) is 0 Å². The van der Waals surface area contributed by atoms with Gasteiger partial charge in [-0.1, -0.05) is 56.3 Å². The highest BCUT2D eigenvalue weighted by atomic mass is 16.6. The fraction of sp³-hybridized carbons (Fsp3) is 0.529. The Morgan fingerprint density at radius 1 is 1.19 bits per heavy atom. The number of oxime groups is 1. The van der Waals surface area contributed by atoms with Crippen LogP contribution in [0.15, 0.2) is 35.5 Å². The maximum atomic E-state index is 11.1. The molecule has 1 rings (SSSR count). The SMILES string of the molecule is CCC(C)(CC)/C(Cc1ccccc1)=N/OCC(=O)OC. The van der Waals surface area contributed by atoms with Gasteiger partial charge in [-0.15, -0.1) is 0 Å². The number of hydrogen-bond donors (Lipinski definition) is 0. The second-order valence-electron chi connectivity index (χ2n) is 5.32. The van der Waals surface area contributed by atoms with Crippen LogP contribution in [0.4, 0.5) is 0 Å². The van der Waals surface area contributed by atoms with Gasteiger partial charge >= 0.3 is 5.97 Å². The van der Waals surface area contributed by atoms with E-state index >= 15 is 0 Å². The van der Waals surface area contributed by atoms with Gasteiger partial charge in [0.05, 0.1) is 12.8 Å². The van der Waals surface area contributed by atoms with E-state index in [0.717, 1.165) is 25.0 Å². The Kier molecular flexibility index (Phi) is 6.92. The quantitative estimate of drug-likeness (QED) is 0.418. The molecule has 0 fully saturated rings. The predicted octanol–water partition coefficient (Wildman–Crippen LogP) is 3.60. The van der Waals surface area contributed by atoms with Crippen LogP contribution in [-0.4, -0.2) is 25.4 Å². The predicted molar refractivity (Wildman–Crippen MR) is 84.2 cm³/mol. The molecule has 0 radical (unpaired) electrons. The van der Waals surface area contributed by atoms with Crippen LogP contribution in [0.3, 0.4) is 0 Å². The highest BCUT2D eigenvalue weighted by Gasteiger charge is 2.27. The lowest BCUT2D eigenvalue weighted by Gasteiger charge is -2.28. The zero-order valence-electron chi connectivity index (χ0n) is 13.4. The minimum atomic E-state index is -0.424. The fourth-order valence-electron chi connectivity index (χ4n) is 2.03. The number of nitrogens with zero attached hydrogens (tertiary/aromatic N) is 1. The number of hydrogen-bond acceptors (Lipinski definition) is 4. The molecule has 4 heteroatoms. The van der Waals surface area contributed by atoms with E-state index in [2.05, 4.69) is 42.8 Å². The van der Waals surface area contributed by atoms with E-state index in [1.165, 1.54) is 12.7 Å². The van der Waals surface area contributed by atoms with Crippen molar-refractivity contribution in [2.24, 2.45) is 10.6 Å². The van der Waals surface area contributed by atoms with E-state index in [-0.39, 0.29) is 12.0 Å². The van der Waals surface area contributed by atoms with Crippen LogP contribution in [0, 0.1) is 5.41 Å². The van der Waals surface area contributed by atoms with Gasteiger partial charge in [0, 0.05) is 11.8 Å². The van der Waals surface area contributed by atoms with E-state index < -0.39 is 5.97 Å². The molecule has 0 saturated heterocycles. The summed E-state index contributed by atoms with van der Waals surface area (Å²) in [5.41, 5.74) is 2.11. The van der Waals surface area contributed by atoms with Crippen molar-refractivity contribution in [3.8, 4) is 0 Å². The molecule has 116 valence electrons. The standard InChI is InChI=1S/C17H25NO3/c1-5-17(3,6-2)15(18-21-13-16(19)20-4)12-14-10-8-7-9-11-14/h7-11H,5-6,12-13H2,1-4H3/b18-15+. The van der Waals surface area contributed by atoms with Gasteiger partial charge in [0.25, 0.3) is 0 Å². The summed E-state index contributed by atoms with van der Waals surface area (Å²) in [7, 11) is 1.34. The summed E-state index contributed by atoms with van der Waals surface area (Å²) in [6.07, 6.45) is 2.66. The summed E-state index contributed by atoms with van der Waals surface area (Å²) in [5.74, 6) is -0.424. The van der Waals surface area contributed by atoms with Crippen molar-refractivity contribution in [2.45, 2.75) is 40.0 Å². The molecule has 0 aliphatic carbocycles. The number of rotatable bonds is 8. The van der Waals surface area contributed by atoms with Crippen LogP contribution in [0.25, 0.3) is 0 Å². The molecule has 0 aliphatic rings. The van der Waals surface area contributed by atoms with E-state index in [1.54, 1.807) is 0 Å². The van der Waals surface area contributed by atoms with Crippen LogP contribution in [0.1, 0.15) is 39.2 Å². The third-order valence-electron chi connectivity index (χ3n) is 4.06. The van der Waals surface area contributed by atoms with Crippen molar-refractivity contribution in [1.29, 1.82) is 0 Å². The number of carbonyl (C=O) groups is 1. The summed E-state index contributed by atoms with van der Waals surface area (Å²) in [6, 6.07) is 10.2. The van der Waals surface area contributed by atoms with Crippen molar-refractivity contribution in [3.05, 3.63) is 35.9 Å². The molecular weight excluding hydrogens is 266 g/mol. The molecule has 0 unspecified atom stereocenters. The molecule has 21 heavy (non-hydrogen) atoms. The molecule has 0 aromatic heterocycles. The topological polar surface area (TPSA) is 47.9 Å². The first-order valence-electron chi connectivity index (χ1n) is 7.35. The molecule has 0 saturated carbocycles. The fourth-order valence-corrected chi connectivity index (χ4v) is 2.03. The number of benzene rings is 1. The average molecular weight is 291 g/mol. The maximum absolute atomic E-state index is 11.1. The Bertz CT molecular complexity index is 464. The Hall–Kier alpha value is -1.84. The molecule has 0 heterocycles. The molecule has 0 bridgehead atoms. The summed E-state index contributed by atoms with van der Waals surface area (Å²) in [6.45, 7) is 6.31. The maximum Gasteiger partial charge on any atom is 0.346 e. The van der Waals surface area contributed by atoms with Crippen molar-refractivity contribution in [2.75, 3.05) is 13.7 Å². The summed E-state index contributed by atoms with van der Waals surface area (Å²) >= 11 is 0. The number of esters is 1. The first-order valence-corrected chi connectivity index (χ1v) is 7.35. The van der Waals surface area contributed by atoms with Crippen LogP contribution >= 0.6 is 0 Å². The Morgan fingerprint density at radius 2 is 1.81 bits per heavy atom. The first kappa shape index (κ1) is 17.2. The molecule has 1 aromatic rings. The van der Waals surface area contributed by atoms with E-state index in [0.29, 0.717) is 0 Å². The average Bonchev–Trinajstić information content (AvgIpc) is 2.53. The zero-order chi connectivity index (χ0) is 15.7. The van der Waals surface area contributed by atoms with E-state index in [9.17, 15) is 4.79 Å². The molecule has 1 aromatic carbocycles. The lowest BCUT2D eigenvalue weighted by molar-refractivity contribution is -0.145. The normalized spacial score (nSPS) is 12.1. The van der Waals surface area contributed by atoms with Gasteiger partial charge in [-0.3, -0.25) is 0 Å². The lowest BCUT2D eigenvalue weighted by Crippen LogP contribution is -2.29. The Labute approximate surface area is 127 Å². The molecular formula is C17H25NO3. The number of carbonyl (C=O) groups excluding carboxylic acids is 1. The Balaban J connectivity index is 2.89. The molecule has 0 spiro atoms. The van der Waals surface area contributed by atoms with Crippen LogP contribution in [0.5, 0.6) is 0 Å². The smallest absolute Gasteiger partial charge is 0.346 e. The number of methoxy groups -OCH3 is 1. The highest BCUT2D eigenvalue weighted by Crippen LogP contribution is 2.29.